The molecule has 3 heterocycles. The fourth-order valence-corrected chi connectivity index (χ4v) is 4.41. The average molecular weight is 415 g/mol. The van der Waals surface area contributed by atoms with Crippen molar-refractivity contribution in [3.63, 3.8) is 0 Å². The number of aryl methyl sites for hydroxylation is 1. The van der Waals surface area contributed by atoms with Gasteiger partial charge in [-0.25, -0.2) is 13.8 Å². The number of anilines is 1. The minimum atomic E-state index is -2.59. The van der Waals surface area contributed by atoms with Crippen molar-refractivity contribution in [2.75, 3.05) is 31.1 Å². The Labute approximate surface area is 171 Å². The van der Waals surface area contributed by atoms with Gasteiger partial charge in [0, 0.05) is 50.4 Å². The highest BCUT2D eigenvalue weighted by Crippen LogP contribution is 2.26. The molecule has 1 aromatic carbocycles. The number of piperazine rings is 1. The van der Waals surface area contributed by atoms with Crippen molar-refractivity contribution in [3.05, 3.63) is 51.9 Å². The summed E-state index contributed by atoms with van der Waals surface area (Å²) in [5, 5.41) is 4.62. The van der Waals surface area contributed by atoms with Crippen LogP contribution in [0.15, 0.2) is 33.8 Å². The van der Waals surface area contributed by atoms with E-state index in [4.69, 9.17) is 4.52 Å². The van der Waals surface area contributed by atoms with Gasteiger partial charge in [-0.15, -0.1) is 0 Å². The number of benzene rings is 1. The Morgan fingerprint density at radius 3 is 2.77 bits per heavy atom. The highest BCUT2D eigenvalue weighted by Gasteiger charge is 2.24. The molecule has 7 nitrogen and oxygen atoms in total. The van der Waals surface area contributed by atoms with Crippen molar-refractivity contribution in [2.45, 2.75) is 38.8 Å². The summed E-state index contributed by atoms with van der Waals surface area (Å²) in [6.07, 6.45) is 1.84. The van der Waals surface area contributed by atoms with Gasteiger partial charge in [0.15, 0.2) is 0 Å². The van der Waals surface area contributed by atoms with Gasteiger partial charge in [-0.1, -0.05) is 5.16 Å². The lowest BCUT2D eigenvalue weighted by Gasteiger charge is -2.35. The van der Waals surface area contributed by atoms with E-state index in [-0.39, 0.29) is 0 Å². The molecular formula is C21H23F2N5O2. The topological polar surface area (TPSA) is 67.4 Å². The van der Waals surface area contributed by atoms with Crippen LogP contribution in [0, 0.1) is 0 Å². The first-order valence-electron chi connectivity index (χ1n) is 10.3. The van der Waals surface area contributed by atoms with Crippen LogP contribution >= 0.6 is 0 Å². The number of alkyl halides is 2. The van der Waals surface area contributed by atoms with Crippen molar-refractivity contribution >= 4 is 16.6 Å². The van der Waals surface area contributed by atoms with Crippen LogP contribution in [0.4, 0.5) is 14.5 Å². The Kier molecular flexibility index (Phi) is 4.98. The first kappa shape index (κ1) is 19.2. The molecule has 1 saturated heterocycles. The fourth-order valence-electron chi connectivity index (χ4n) is 4.41. The maximum absolute atomic E-state index is 12.6. The lowest BCUT2D eigenvalue weighted by molar-refractivity contribution is 0.125. The van der Waals surface area contributed by atoms with Crippen LogP contribution in [-0.2, 0) is 25.9 Å². The molecule has 9 heteroatoms. The Morgan fingerprint density at radius 2 is 1.97 bits per heavy atom. The summed E-state index contributed by atoms with van der Waals surface area (Å²) in [4.78, 5) is 21.2. The molecule has 2 aliphatic rings. The molecular weight excluding hydrogens is 392 g/mol. The van der Waals surface area contributed by atoms with Gasteiger partial charge in [0.1, 0.15) is 11.5 Å². The van der Waals surface area contributed by atoms with E-state index in [2.05, 4.69) is 19.9 Å². The maximum Gasteiger partial charge on any atom is 0.261 e. The molecule has 5 rings (SSSR count). The van der Waals surface area contributed by atoms with Gasteiger partial charge in [0.05, 0.1) is 23.8 Å². The predicted molar refractivity (Wildman–Crippen MR) is 108 cm³/mol. The smallest absolute Gasteiger partial charge is 0.261 e. The lowest BCUT2D eigenvalue weighted by Crippen LogP contribution is -2.46. The van der Waals surface area contributed by atoms with Crippen LogP contribution in [0.1, 0.15) is 23.4 Å². The first-order valence-corrected chi connectivity index (χ1v) is 10.3. The second kappa shape index (κ2) is 7.79. The van der Waals surface area contributed by atoms with Crippen LogP contribution in [-0.4, -0.2) is 52.2 Å². The largest absolute Gasteiger partial charge is 0.369 e. The fraction of sp³-hybridized carbons (Fsp3) is 0.476. The molecule has 0 spiro atoms. The number of aromatic nitrogens is 3. The van der Waals surface area contributed by atoms with Gasteiger partial charge < -0.3 is 9.42 Å². The molecule has 158 valence electrons. The van der Waals surface area contributed by atoms with Gasteiger partial charge in [-0.2, -0.15) is 0 Å². The van der Waals surface area contributed by atoms with Crippen molar-refractivity contribution in [3.8, 4) is 0 Å². The number of nitrogens with zero attached hydrogens (tertiary/aromatic N) is 5. The first-order chi connectivity index (χ1) is 14.6. The summed E-state index contributed by atoms with van der Waals surface area (Å²) >= 11 is 0. The highest BCUT2D eigenvalue weighted by molar-refractivity contribution is 5.81. The Balaban J connectivity index is 1.27. The molecule has 1 aliphatic heterocycles. The standard InChI is InChI=1S/C21H23F2N5O2/c22-20(23)12-28-13-24-17-10-14(4-5-16(17)21(28)29)27-8-6-26(7-9-27)11-18-15-2-1-3-19(15)30-25-18/h4-5,10,13,20H,1-3,6-9,11-12H2. The number of fused-ring (bicyclic) bond motifs is 2. The van der Waals surface area contributed by atoms with E-state index in [1.807, 2.05) is 12.1 Å². The lowest BCUT2D eigenvalue weighted by atomic mass is 10.1. The van der Waals surface area contributed by atoms with E-state index in [9.17, 15) is 13.6 Å². The van der Waals surface area contributed by atoms with Gasteiger partial charge in [-0.3, -0.25) is 14.3 Å². The van der Waals surface area contributed by atoms with Gasteiger partial charge in [0.25, 0.3) is 12.0 Å². The molecule has 2 aromatic heterocycles. The third kappa shape index (κ3) is 3.58. The summed E-state index contributed by atoms with van der Waals surface area (Å²) < 4.78 is 31.7. The van der Waals surface area contributed by atoms with E-state index in [0.717, 1.165) is 73.7 Å². The van der Waals surface area contributed by atoms with Gasteiger partial charge in [-0.05, 0) is 31.0 Å². The van der Waals surface area contributed by atoms with Crippen molar-refractivity contribution in [1.82, 2.24) is 19.6 Å². The second-order valence-corrected chi connectivity index (χ2v) is 7.94. The molecule has 3 aromatic rings. The van der Waals surface area contributed by atoms with Crippen LogP contribution in [0.25, 0.3) is 10.9 Å². The van der Waals surface area contributed by atoms with Crippen molar-refractivity contribution in [1.29, 1.82) is 0 Å². The highest BCUT2D eigenvalue weighted by atomic mass is 19.3. The molecule has 0 amide bonds. The van der Waals surface area contributed by atoms with Crippen molar-refractivity contribution in [2.24, 2.45) is 0 Å². The Morgan fingerprint density at radius 1 is 1.13 bits per heavy atom. The summed E-state index contributed by atoms with van der Waals surface area (Å²) in [5.74, 6) is 1.06. The molecule has 1 aliphatic carbocycles. The minimum Gasteiger partial charge on any atom is -0.369 e. The van der Waals surface area contributed by atoms with Crippen LogP contribution in [0.2, 0.25) is 0 Å². The molecule has 30 heavy (non-hydrogen) atoms. The normalized spacial score (nSPS) is 17.2. The van der Waals surface area contributed by atoms with Crippen LogP contribution in [0.3, 0.4) is 0 Å². The third-order valence-electron chi connectivity index (χ3n) is 6.04. The van der Waals surface area contributed by atoms with Crippen LogP contribution < -0.4 is 10.5 Å². The van der Waals surface area contributed by atoms with E-state index in [1.54, 1.807) is 6.07 Å². The molecule has 1 fully saturated rings. The number of rotatable bonds is 5. The number of hydrogen-bond donors (Lipinski definition) is 0. The summed E-state index contributed by atoms with van der Waals surface area (Å²) in [5.41, 5.74) is 3.46. The minimum absolute atomic E-state index is 0.362. The third-order valence-corrected chi connectivity index (χ3v) is 6.04. The number of halogens is 2. The second-order valence-electron chi connectivity index (χ2n) is 7.94. The monoisotopic (exact) mass is 415 g/mol. The van der Waals surface area contributed by atoms with Gasteiger partial charge in [0.2, 0.25) is 0 Å². The molecule has 0 saturated carbocycles. The quantitative estimate of drug-likeness (QED) is 0.638. The predicted octanol–water partition coefficient (Wildman–Crippen LogP) is 2.46. The maximum atomic E-state index is 12.6. The zero-order valence-electron chi connectivity index (χ0n) is 16.6. The zero-order valence-corrected chi connectivity index (χ0v) is 16.6. The van der Waals surface area contributed by atoms with E-state index in [0.29, 0.717) is 10.9 Å². The SMILES string of the molecule is O=c1c2ccc(N3CCN(Cc4noc5c4CCC5)CC3)cc2ncn1CC(F)F. The summed E-state index contributed by atoms with van der Waals surface area (Å²) in [6, 6.07) is 5.43. The van der Waals surface area contributed by atoms with Gasteiger partial charge >= 0.3 is 0 Å². The molecule has 0 atom stereocenters. The zero-order chi connectivity index (χ0) is 20.7. The molecule has 0 bridgehead atoms. The Hall–Kier alpha value is -2.81. The van der Waals surface area contributed by atoms with E-state index in [1.165, 1.54) is 11.9 Å². The molecule has 0 radical (unpaired) electrons. The Bertz CT molecular complexity index is 1120. The van der Waals surface area contributed by atoms with Crippen LogP contribution in [0.5, 0.6) is 0 Å². The molecule has 0 unspecified atom stereocenters. The van der Waals surface area contributed by atoms with E-state index >= 15 is 0 Å². The summed E-state index contributed by atoms with van der Waals surface area (Å²) in [7, 11) is 0. The summed E-state index contributed by atoms with van der Waals surface area (Å²) in [6.45, 7) is 3.70. The number of hydrogen-bond acceptors (Lipinski definition) is 6. The average Bonchev–Trinajstić information content (AvgIpc) is 3.35. The van der Waals surface area contributed by atoms with E-state index < -0.39 is 18.5 Å². The molecule has 0 N–H and O–H groups in total. The van der Waals surface area contributed by atoms with Crippen molar-refractivity contribution < 1.29 is 13.3 Å².